The maximum atomic E-state index is 12.0. The lowest BCUT2D eigenvalue weighted by Crippen LogP contribution is -2.48. The third kappa shape index (κ3) is 2.93. The van der Waals surface area contributed by atoms with Crippen molar-refractivity contribution < 1.29 is 9.59 Å². The summed E-state index contributed by atoms with van der Waals surface area (Å²) in [6, 6.07) is 5.11. The number of hydrogen-bond acceptors (Lipinski definition) is 3. The molecule has 19 heavy (non-hydrogen) atoms. The highest BCUT2D eigenvalue weighted by Crippen LogP contribution is 2.20. The standard InChI is InChI=1S/C14H19N3O2/c1-8-5-11(3-4-12(8)13(15)18)17-14(19)9(2)10-6-16-7-10/h3-5,9-10,16H,6-7H2,1-2H3,(H2,15,18)(H,17,19). The summed E-state index contributed by atoms with van der Waals surface area (Å²) >= 11 is 0. The van der Waals surface area contributed by atoms with Crippen molar-refractivity contribution in [2.75, 3.05) is 18.4 Å². The normalized spacial score (nSPS) is 16.5. The number of benzene rings is 1. The number of nitrogens with two attached hydrogens (primary N) is 1. The third-order valence-corrected chi connectivity index (χ3v) is 3.69. The summed E-state index contributed by atoms with van der Waals surface area (Å²) in [7, 11) is 0. The maximum Gasteiger partial charge on any atom is 0.248 e. The van der Waals surface area contributed by atoms with E-state index in [0.29, 0.717) is 17.2 Å². The minimum Gasteiger partial charge on any atom is -0.366 e. The number of carbonyl (C=O) groups excluding carboxylic acids is 2. The van der Waals surface area contributed by atoms with Crippen molar-refractivity contribution >= 4 is 17.5 Å². The zero-order valence-electron chi connectivity index (χ0n) is 11.2. The molecule has 4 N–H and O–H groups in total. The Hall–Kier alpha value is -1.88. The lowest BCUT2D eigenvalue weighted by atomic mass is 9.88. The Morgan fingerprint density at radius 2 is 2.11 bits per heavy atom. The van der Waals surface area contributed by atoms with Gasteiger partial charge in [0.1, 0.15) is 0 Å². The van der Waals surface area contributed by atoms with Gasteiger partial charge in [0.2, 0.25) is 11.8 Å². The van der Waals surface area contributed by atoms with Crippen LogP contribution in [0, 0.1) is 18.8 Å². The first kappa shape index (κ1) is 13.5. The number of aryl methyl sites for hydroxylation is 1. The summed E-state index contributed by atoms with van der Waals surface area (Å²) < 4.78 is 0. The Labute approximate surface area is 112 Å². The van der Waals surface area contributed by atoms with Crippen LogP contribution in [0.15, 0.2) is 18.2 Å². The second kappa shape index (κ2) is 5.40. The zero-order valence-corrected chi connectivity index (χ0v) is 11.2. The van der Waals surface area contributed by atoms with Crippen molar-refractivity contribution in [1.29, 1.82) is 0 Å². The summed E-state index contributed by atoms with van der Waals surface area (Å²) in [6.45, 7) is 5.53. The smallest absolute Gasteiger partial charge is 0.248 e. The van der Waals surface area contributed by atoms with Gasteiger partial charge >= 0.3 is 0 Å². The fraction of sp³-hybridized carbons (Fsp3) is 0.429. The van der Waals surface area contributed by atoms with Gasteiger partial charge in [-0.1, -0.05) is 6.92 Å². The summed E-state index contributed by atoms with van der Waals surface area (Å²) in [5, 5.41) is 6.04. The number of anilines is 1. The molecule has 1 saturated heterocycles. The number of hydrogen-bond donors (Lipinski definition) is 3. The molecule has 1 aromatic rings. The Bertz CT molecular complexity index is 509. The van der Waals surface area contributed by atoms with Crippen LogP contribution in [0.1, 0.15) is 22.8 Å². The molecule has 1 fully saturated rings. The van der Waals surface area contributed by atoms with Gasteiger partial charge in [-0.3, -0.25) is 9.59 Å². The molecule has 0 radical (unpaired) electrons. The van der Waals surface area contributed by atoms with E-state index in [1.54, 1.807) is 25.1 Å². The molecule has 5 nitrogen and oxygen atoms in total. The molecule has 5 heteroatoms. The molecule has 1 atom stereocenters. The van der Waals surface area contributed by atoms with Gasteiger partial charge in [0.25, 0.3) is 0 Å². The van der Waals surface area contributed by atoms with Crippen molar-refractivity contribution in [3.05, 3.63) is 29.3 Å². The van der Waals surface area contributed by atoms with Gasteiger partial charge in [0, 0.05) is 17.2 Å². The molecular formula is C14H19N3O2. The largest absolute Gasteiger partial charge is 0.366 e. The van der Waals surface area contributed by atoms with Crippen LogP contribution in [0.4, 0.5) is 5.69 Å². The fourth-order valence-electron chi connectivity index (χ4n) is 2.15. The predicted octanol–water partition coefficient (Wildman–Crippen LogP) is 0.888. The van der Waals surface area contributed by atoms with E-state index in [1.807, 2.05) is 6.92 Å². The molecule has 0 aliphatic carbocycles. The first-order valence-electron chi connectivity index (χ1n) is 6.41. The van der Waals surface area contributed by atoms with Gasteiger partial charge in [-0.2, -0.15) is 0 Å². The molecule has 0 aromatic heterocycles. The highest BCUT2D eigenvalue weighted by molar-refractivity contribution is 5.96. The number of carbonyl (C=O) groups is 2. The van der Waals surface area contributed by atoms with Gasteiger partial charge in [-0.05, 0) is 49.7 Å². The fourth-order valence-corrected chi connectivity index (χ4v) is 2.15. The van der Waals surface area contributed by atoms with E-state index in [2.05, 4.69) is 10.6 Å². The third-order valence-electron chi connectivity index (χ3n) is 3.69. The van der Waals surface area contributed by atoms with Crippen molar-refractivity contribution in [3.63, 3.8) is 0 Å². The number of amides is 2. The molecule has 0 bridgehead atoms. The molecule has 1 aliphatic rings. The Morgan fingerprint density at radius 1 is 1.42 bits per heavy atom. The number of nitrogens with one attached hydrogen (secondary N) is 2. The molecule has 1 heterocycles. The molecule has 2 rings (SSSR count). The van der Waals surface area contributed by atoms with E-state index < -0.39 is 5.91 Å². The van der Waals surface area contributed by atoms with Gasteiger partial charge in [-0.15, -0.1) is 0 Å². The molecule has 1 aromatic carbocycles. The lowest BCUT2D eigenvalue weighted by Gasteiger charge is -2.31. The highest BCUT2D eigenvalue weighted by Gasteiger charge is 2.28. The summed E-state index contributed by atoms with van der Waals surface area (Å²) in [5.41, 5.74) is 7.19. The van der Waals surface area contributed by atoms with E-state index in [9.17, 15) is 9.59 Å². The first-order valence-corrected chi connectivity index (χ1v) is 6.41. The lowest BCUT2D eigenvalue weighted by molar-refractivity contribution is -0.121. The highest BCUT2D eigenvalue weighted by atomic mass is 16.2. The molecule has 0 saturated carbocycles. The summed E-state index contributed by atoms with van der Waals surface area (Å²) in [4.78, 5) is 23.2. The van der Waals surface area contributed by atoms with Crippen LogP contribution in [0.3, 0.4) is 0 Å². The summed E-state index contributed by atoms with van der Waals surface area (Å²) in [6.07, 6.45) is 0. The van der Waals surface area contributed by atoms with Crippen LogP contribution in [-0.4, -0.2) is 24.9 Å². The summed E-state index contributed by atoms with van der Waals surface area (Å²) in [5.74, 6) is -0.0506. The Balaban J connectivity index is 2.04. The molecule has 0 spiro atoms. The van der Waals surface area contributed by atoms with Gasteiger partial charge in [0.15, 0.2) is 0 Å². The number of rotatable bonds is 4. The van der Waals surface area contributed by atoms with Crippen molar-refractivity contribution in [1.82, 2.24) is 5.32 Å². The van der Waals surface area contributed by atoms with Crippen LogP contribution in [0.5, 0.6) is 0 Å². The van der Waals surface area contributed by atoms with E-state index in [4.69, 9.17) is 5.73 Å². The number of primary amides is 1. The van der Waals surface area contributed by atoms with E-state index in [1.165, 1.54) is 0 Å². The predicted molar refractivity (Wildman–Crippen MR) is 73.9 cm³/mol. The zero-order chi connectivity index (χ0) is 14.0. The van der Waals surface area contributed by atoms with Crippen molar-refractivity contribution in [3.8, 4) is 0 Å². The Kier molecular flexibility index (Phi) is 3.85. The molecule has 1 unspecified atom stereocenters. The second-order valence-electron chi connectivity index (χ2n) is 5.09. The van der Waals surface area contributed by atoms with Crippen LogP contribution >= 0.6 is 0 Å². The Morgan fingerprint density at radius 3 is 2.58 bits per heavy atom. The molecule has 102 valence electrons. The van der Waals surface area contributed by atoms with E-state index >= 15 is 0 Å². The van der Waals surface area contributed by atoms with Crippen LogP contribution < -0.4 is 16.4 Å². The topological polar surface area (TPSA) is 84.2 Å². The average molecular weight is 261 g/mol. The van der Waals surface area contributed by atoms with E-state index in [0.717, 1.165) is 18.7 Å². The minimum absolute atomic E-state index is 0.0118. The minimum atomic E-state index is -0.454. The average Bonchev–Trinajstić information content (AvgIpc) is 2.25. The maximum absolute atomic E-state index is 12.0. The van der Waals surface area contributed by atoms with E-state index in [-0.39, 0.29) is 11.8 Å². The molecule has 1 aliphatic heterocycles. The van der Waals surface area contributed by atoms with Gasteiger partial charge in [0.05, 0.1) is 0 Å². The van der Waals surface area contributed by atoms with Crippen LogP contribution in [0.2, 0.25) is 0 Å². The van der Waals surface area contributed by atoms with Gasteiger partial charge in [-0.25, -0.2) is 0 Å². The van der Waals surface area contributed by atoms with Crippen LogP contribution in [-0.2, 0) is 4.79 Å². The SMILES string of the molecule is Cc1cc(NC(=O)C(C)C2CNC2)ccc1C(N)=O. The van der Waals surface area contributed by atoms with Crippen molar-refractivity contribution in [2.45, 2.75) is 13.8 Å². The van der Waals surface area contributed by atoms with Crippen LogP contribution in [0.25, 0.3) is 0 Å². The monoisotopic (exact) mass is 261 g/mol. The molecule has 2 amide bonds. The molecular weight excluding hydrogens is 242 g/mol. The quantitative estimate of drug-likeness (QED) is 0.752. The van der Waals surface area contributed by atoms with Gasteiger partial charge < -0.3 is 16.4 Å². The van der Waals surface area contributed by atoms with Crippen molar-refractivity contribution in [2.24, 2.45) is 17.6 Å². The second-order valence-corrected chi connectivity index (χ2v) is 5.09. The first-order chi connectivity index (χ1) is 8.99.